The summed E-state index contributed by atoms with van der Waals surface area (Å²) in [4.78, 5) is 37.5. The number of anilines is 1. The highest BCUT2D eigenvalue weighted by molar-refractivity contribution is 5.96. The smallest absolute Gasteiger partial charge is 0.338 e. The minimum atomic E-state index is -0.664. The van der Waals surface area contributed by atoms with Crippen LogP contribution in [0.3, 0.4) is 0 Å². The highest BCUT2D eigenvalue weighted by atomic mass is 16.6. The fourth-order valence-electron chi connectivity index (χ4n) is 1.79. The number of pyridine rings is 1. The number of benzene rings is 1. The van der Waals surface area contributed by atoms with Crippen molar-refractivity contribution in [1.82, 2.24) is 4.98 Å². The number of rotatable bonds is 6. The molecule has 1 amide bonds. The van der Waals surface area contributed by atoms with Gasteiger partial charge >= 0.3 is 5.97 Å². The van der Waals surface area contributed by atoms with E-state index < -0.39 is 23.4 Å². The molecule has 0 fully saturated rings. The lowest BCUT2D eigenvalue weighted by atomic mass is 10.2. The zero-order valence-corrected chi connectivity index (χ0v) is 12.6. The Hall–Kier alpha value is -3.49. The zero-order valence-electron chi connectivity index (χ0n) is 12.6. The fourth-order valence-corrected chi connectivity index (χ4v) is 1.79. The second kappa shape index (κ2) is 7.68. The predicted molar refractivity (Wildman–Crippen MR) is 82.8 cm³/mol. The predicted octanol–water partition coefficient (Wildman–Crippen LogP) is 1.79. The minimum absolute atomic E-state index is 0.123. The molecule has 124 valence electrons. The zero-order chi connectivity index (χ0) is 17.5. The van der Waals surface area contributed by atoms with Gasteiger partial charge in [0.25, 0.3) is 11.6 Å². The fraction of sp³-hybridized carbons (Fsp3) is 0.133. The van der Waals surface area contributed by atoms with Crippen LogP contribution in [-0.4, -0.2) is 35.5 Å². The van der Waals surface area contributed by atoms with Gasteiger partial charge in [-0.15, -0.1) is 0 Å². The molecule has 0 saturated heterocycles. The number of esters is 1. The summed E-state index contributed by atoms with van der Waals surface area (Å²) in [6.45, 7) is -0.513. The third-order valence-corrected chi connectivity index (χ3v) is 2.92. The lowest BCUT2D eigenvalue weighted by Crippen LogP contribution is -2.21. The Kier molecular flexibility index (Phi) is 5.40. The maximum absolute atomic E-state index is 11.8. The average Bonchev–Trinajstić information content (AvgIpc) is 2.60. The number of methoxy groups -OCH3 is 1. The standard InChI is InChI=1S/C15H13N3O6/c1-23-13-8-11(18(21)22)2-3-12(13)17-14(19)9-24-15(20)10-4-6-16-7-5-10/h2-8H,9H2,1H3,(H,17,19). The molecule has 1 heterocycles. The van der Waals surface area contributed by atoms with Gasteiger partial charge in [-0.25, -0.2) is 4.79 Å². The molecule has 0 unspecified atom stereocenters. The first-order chi connectivity index (χ1) is 11.5. The molecule has 0 aliphatic rings. The maximum atomic E-state index is 11.8. The molecular weight excluding hydrogens is 318 g/mol. The highest BCUT2D eigenvalue weighted by Gasteiger charge is 2.15. The van der Waals surface area contributed by atoms with Crippen molar-refractivity contribution in [2.45, 2.75) is 0 Å². The van der Waals surface area contributed by atoms with Crippen LogP contribution in [0.1, 0.15) is 10.4 Å². The topological polar surface area (TPSA) is 121 Å². The van der Waals surface area contributed by atoms with Crippen LogP contribution in [0.5, 0.6) is 5.75 Å². The summed E-state index contributed by atoms with van der Waals surface area (Å²) >= 11 is 0. The SMILES string of the molecule is COc1cc([N+](=O)[O-])ccc1NC(=O)COC(=O)c1ccncc1. The van der Waals surface area contributed by atoms with Crippen molar-refractivity contribution in [3.8, 4) is 5.75 Å². The molecule has 2 aromatic rings. The molecule has 24 heavy (non-hydrogen) atoms. The molecule has 0 saturated carbocycles. The van der Waals surface area contributed by atoms with Crippen molar-refractivity contribution < 1.29 is 24.0 Å². The number of nitrogens with one attached hydrogen (secondary N) is 1. The largest absolute Gasteiger partial charge is 0.494 e. The van der Waals surface area contributed by atoms with Crippen molar-refractivity contribution in [1.29, 1.82) is 0 Å². The third kappa shape index (κ3) is 4.26. The highest BCUT2D eigenvalue weighted by Crippen LogP contribution is 2.28. The number of hydrogen-bond donors (Lipinski definition) is 1. The summed E-state index contributed by atoms with van der Waals surface area (Å²) in [6.07, 6.45) is 2.86. The Bertz CT molecular complexity index is 763. The van der Waals surface area contributed by atoms with E-state index in [1.54, 1.807) is 0 Å². The van der Waals surface area contributed by atoms with Crippen LogP contribution < -0.4 is 10.1 Å². The first kappa shape index (κ1) is 16.9. The van der Waals surface area contributed by atoms with Crippen LogP contribution >= 0.6 is 0 Å². The van der Waals surface area contributed by atoms with Crippen molar-refractivity contribution >= 4 is 23.3 Å². The van der Waals surface area contributed by atoms with Gasteiger partial charge in [-0.2, -0.15) is 0 Å². The van der Waals surface area contributed by atoms with E-state index in [2.05, 4.69) is 10.3 Å². The summed E-state index contributed by atoms with van der Waals surface area (Å²) < 4.78 is 9.87. The van der Waals surface area contributed by atoms with Crippen molar-refractivity contribution in [3.63, 3.8) is 0 Å². The molecule has 0 bridgehead atoms. The van der Waals surface area contributed by atoms with E-state index in [1.165, 1.54) is 49.8 Å². The number of nitrogens with zero attached hydrogens (tertiary/aromatic N) is 2. The van der Waals surface area contributed by atoms with Gasteiger partial charge in [0, 0.05) is 18.5 Å². The van der Waals surface area contributed by atoms with Crippen molar-refractivity contribution in [2.24, 2.45) is 0 Å². The Labute approximate surface area is 136 Å². The van der Waals surface area contributed by atoms with E-state index in [0.717, 1.165) is 0 Å². The van der Waals surface area contributed by atoms with Gasteiger partial charge in [-0.05, 0) is 18.2 Å². The second-order valence-corrected chi connectivity index (χ2v) is 4.50. The average molecular weight is 331 g/mol. The van der Waals surface area contributed by atoms with Gasteiger partial charge in [-0.3, -0.25) is 19.9 Å². The van der Waals surface area contributed by atoms with E-state index >= 15 is 0 Å². The van der Waals surface area contributed by atoms with Crippen LogP contribution in [0.25, 0.3) is 0 Å². The van der Waals surface area contributed by atoms with Gasteiger partial charge in [0.05, 0.1) is 29.4 Å². The first-order valence-electron chi connectivity index (χ1n) is 6.70. The summed E-state index contributed by atoms with van der Waals surface area (Å²) in [6, 6.07) is 6.65. The quantitative estimate of drug-likeness (QED) is 0.486. The van der Waals surface area contributed by atoms with Crippen LogP contribution in [0.15, 0.2) is 42.7 Å². The Balaban J connectivity index is 1.97. The number of nitro benzene ring substituents is 1. The molecule has 9 heteroatoms. The molecule has 9 nitrogen and oxygen atoms in total. The molecule has 1 N–H and O–H groups in total. The van der Waals surface area contributed by atoms with Gasteiger partial charge in [0.1, 0.15) is 5.75 Å². The van der Waals surface area contributed by atoms with Crippen LogP contribution in [0.4, 0.5) is 11.4 Å². The van der Waals surface area contributed by atoms with E-state index in [-0.39, 0.29) is 22.7 Å². The number of non-ortho nitro benzene ring substituents is 1. The molecule has 0 radical (unpaired) electrons. The van der Waals surface area contributed by atoms with Crippen LogP contribution in [0.2, 0.25) is 0 Å². The summed E-state index contributed by atoms with van der Waals surface area (Å²) in [5.41, 5.74) is 0.327. The van der Waals surface area contributed by atoms with Crippen molar-refractivity contribution in [3.05, 3.63) is 58.4 Å². The van der Waals surface area contributed by atoms with Gasteiger partial charge < -0.3 is 14.8 Å². The molecule has 0 aliphatic carbocycles. The lowest BCUT2D eigenvalue weighted by Gasteiger charge is -2.10. The normalized spacial score (nSPS) is 9.88. The third-order valence-electron chi connectivity index (χ3n) is 2.92. The monoisotopic (exact) mass is 331 g/mol. The van der Waals surface area contributed by atoms with Crippen LogP contribution in [0, 0.1) is 10.1 Å². The molecule has 1 aromatic heterocycles. The molecule has 0 aliphatic heterocycles. The second-order valence-electron chi connectivity index (χ2n) is 4.50. The van der Waals surface area contributed by atoms with E-state index in [4.69, 9.17) is 9.47 Å². The number of amides is 1. The van der Waals surface area contributed by atoms with E-state index in [1.807, 2.05) is 0 Å². The summed E-state index contributed by atoms with van der Waals surface area (Å²) in [5, 5.41) is 13.2. The Morgan fingerprint density at radius 3 is 2.58 bits per heavy atom. The van der Waals surface area contributed by atoms with Gasteiger partial charge in [-0.1, -0.05) is 0 Å². The first-order valence-corrected chi connectivity index (χ1v) is 6.70. The molecule has 2 rings (SSSR count). The molecular formula is C15H13N3O6. The van der Waals surface area contributed by atoms with Gasteiger partial charge in [0.15, 0.2) is 6.61 Å². The summed E-state index contributed by atoms with van der Waals surface area (Å²) in [5.74, 6) is -1.15. The maximum Gasteiger partial charge on any atom is 0.338 e. The van der Waals surface area contributed by atoms with E-state index in [0.29, 0.717) is 0 Å². The number of hydrogen-bond acceptors (Lipinski definition) is 7. The van der Waals surface area contributed by atoms with E-state index in [9.17, 15) is 19.7 Å². The lowest BCUT2D eigenvalue weighted by molar-refractivity contribution is -0.384. The Morgan fingerprint density at radius 2 is 1.96 bits per heavy atom. The number of carbonyl (C=O) groups excluding carboxylic acids is 2. The van der Waals surface area contributed by atoms with Crippen molar-refractivity contribution in [2.75, 3.05) is 19.0 Å². The number of nitro groups is 1. The van der Waals surface area contributed by atoms with Crippen LogP contribution in [-0.2, 0) is 9.53 Å². The number of ether oxygens (including phenoxy) is 2. The number of aromatic nitrogens is 1. The number of carbonyl (C=O) groups is 2. The Morgan fingerprint density at radius 1 is 1.25 bits per heavy atom. The molecule has 0 atom stereocenters. The molecule has 1 aromatic carbocycles. The minimum Gasteiger partial charge on any atom is -0.494 e. The van der Waals surface area contributed by atoms with Gasteiger partial charge in [0.2, 0.25) is 0 Å². The summed E-state index contributed by atoms with van der Waals surface area (Å²) in [7, 11) is 1.32. The molecule has 0 spiro atoms.